The van der Waals surface area contributed by atoms with Gasteiger partial charge in [0.05, 0.1) is 11.7 Å². The summed E-state index contributed by atoms with van der Waals surface area (Å²) in [6, 6.07) is 1.01. The van der Waals surface area contributed by atoms with Gasteiger partial charge in [-0.1, -0.05) is 0 Å². The highest BCUT2D eigenvalue weighted by Gasteiger charge is 2.51. The molecule has 8 nitrogen and oxygen atoms in total. The van der Waals surface area contributed by atoms with Gasteiger partial charge < -0.3 is 10.2 Å². The minimum atomic E-state index is -4.40. The van der Waals surface area contributed by atoms with E-state index in [9.17, 15) is 18.7 Å². The summed E-state index contributed by atoms with van der Waals surface area (Å²) in [4.78, 5) is 16.1. The first-order valence-corrected chi connectivity index (χ1v) is 6.10. The van der Waals surface area contributed by atoms with Gasteiger partial charge >= 0.3 is 12.1 Å². The number of hydrogen-bond acceptors (Lipinski definition) is 6. The van der Waals surface area contributed by atoms with E-state index in [4.69, 9.17) is 5.11 Å². The smallest absolute Gasteiger partial charge is 0.472 e. The van der Waals surface area contributed by atoms with Gasteiger partial charge in [-0.15, -0.1) is 5.06 Å². The zero-order valence-corrected chi connectivity index (χ0v) is 10.6. The number of carbonyl (C=O) groups is 1. The van der Waals surface area contributed by atoms with Gasteiger partial charge in [-0.3, -0.25) is 4.90 Å². The summed E-state index contributed by atoms with van der Waals surface area (Å²) in [5.41, 5.74) is 0.681. The number of aliphatic carboxylic acids is 1. The Hall–Kier alpha value is -1.88. The number of aliphatic hydroxyl groups is 1. The number of hydroxylamine groups is 2. The molecule has 3 atom stereocenters. The van der Waals surface area contributed by atoms with E-state index in [0.29, 0.717) is 10.8 Å². The van der Waals surface area contributed by atoms with Gasteiger partial charge in [0, 0.05) is 25.5 Å². The Morgan fingerprint density at radius 2 is 2.29 bits per heavy atom. The van der Waals surface area contributed by atoms with Crippen LogP contribution in [0.3, 0.4) is 0 Å². The van der Waals surface area contributed by atoms with Crippen molar-refractivity contribution in [3.05, 3.63) is 24.5 Å². The molecule has 2 aliphatic heterocycles. The molecule has 2 N–H and O–H groups in total. The van der Waals surface area contributed by atoms with Crippen molar-refractivity contribution in [1.82, 2.24) is 19.7 Å². The van der Waals surface area contributed by atoms with E-state index in [2.05, 4.69) is 9.94 Å². The maximum atomic E-state index is 13.2. The van der Waals surface area contributed by atoms with Crippen molar-refractivity contribution in [3.63, 3.8) is 0 Å². The Kier molecular flexibility index (Phi) is 3.24. The average molecular weight is 302 g/mol. The van der Waals surface area contributed by atoms with E-state index in [1.54, 1.807) is 29.2 Å². The van der Waals surface area contributed by atoms with Crippen molar-refractivity contribution >= 4 is 11.7 Å². The molecule has 0 aromatic carbocycles. The molecular weight excluding hydrogens is 290 g/mol. The molecule has 3 heterocycles. The van der Waals surface area contributed by atoms with Gasteiger partial charge in [0.25, 0.3) is 0 Å². The molecule has 2 aliphatic rings. The number of carboxylic acid groups (broad SMARTS) is 1. The lowest BCUT2D eigenvalue weighted by molar-refractivity contribution is -0.376. The van der Waals surface area contributed by atoms with Gasteiger partial charge in [-0.2, -0.15) is 13.9 Å². The van der Waals surface area contributed by atoms with Gasteiger partial charge in [0.15, 0.2) is 6.35 Å². The number of nitrogens with zero attached hydrogens (tertiary/aromatic N) is 4. The minimum Gasteiger partial charge on any atom is -0.475 e. The molecule has 0 spiro atoms. The van der Waals surface area contributed by atoms with E-state index in [1.807, 2.05) is 0 Å². The van der Waals surface area contributed by atoms with Crippen LogP contribution >= 0.6 is 0 Å². The maximum Gasteiger partial charge on any atom is 0.472 e. The average Bonchev–Trinajstić information content (AvgIpc) is 3.03. The molecule has 1 fully saturated rings. The summed E-state index contributed by atoms with van der Waals surface area (Å²) >= 11 is 0. The number of rotatable bonds is 4. The summed E-state index contributed by atoms with van der Waals surface area (Å²) in [6.07, 6.45) is -1.00. The second kappa shape index (κ2) is 4.84. The number of halogens is 2. The minimum absolute atomic E-state index is 0.252. The van der Waals surface area contributed by atoms with Gasteiger partial charge in [-0.05, 0) is 12.1 Å². The lowest BCUT2D eigenvalue weighted by Crippen LogP contribution is -2.46. The predicted molar refractivity (Wildman–Crippen MR) is 63.4 cm³/mol. The summed E-state index contributed by atoms with van der Waals surface area (Å²) in [6.45, 7) is 0.527. The normalized spacial score (nSPS) is 29.5. The number of alkyl halides is 2. The summed E-state index contributed by atoms with van der Waals surface area (Å²) in [5.74, 6) is -2.41. The second-order valence-corrected chi connectivity index (χ2v) is 4.72. The fourth-order valence-electron chi connectivity index (χ4n) is 2.38. The highest BCUT2D eigenvalue weighted by molar-refractivity contribution is 5.73. The molecule has 3 rings (SSSR count). The Morgan fingerprint density at radius 1 is 1.52 bits per heavy atom. The lowest BCUT2D eigenvalue weighted by Gasteiger charge is -2.26. The molecule has 0 saturated carbocycles. The molecule has 21 heavy (non-hydrogen) atoms. The zero-order chi connectivity index (χ0) is 15.2. The molecule has 114 valence electrons. The number of aliphatic hydroxyl groups excluding tert-OH is 1. The quantitative estimate of drug-likeness (QED) is 0.782. The van der Waals surface area contributed by atoms with Crippen LogP contribution in [0.4, 0.5) is 8.78 Å². The van der Waals surface area contributed by atoms with Crippen molar-refractivity contribution in [2.75, 3.05) is 13.1 Å². The summed E-state index contributed by atoms with van der Waals surface area (Å²) in [7, 11) is 0. The standard InChI is InChI=1S/C11H12F2N4O4/c12-11(13,9(18)19)21-17-8-4-7(16-3-1-2-14-16)5-15(6-8)10(17)20/h1-4,8,10,20H,5-6H2,(H,18,19). The molecule has 0 aliphatic carbocycles. The van der Waals surface area contributed by atoms with Crippen LogP contribution < -0.4 is 0 Å². The molecule has 0 radical (unpaired) electrons. The first-order chi connectivity index (χ1) is 9.88. The van der Waals surface area contributed by atoms with Crippen LogP contribution in [0.2, 0.25) is 0 Å². The third-order valence-electron chi connectivity index (χ3n) is 3.32. The van der Waals surface area contributed by atoms with E-state index < -0.39 is 24.5 Å². The fourth-order valence-corrected chi connectivity index (χ4v) is 2.38. The van der Waals surface area contributed by atoms with E-state index >= 15 is 0 Å². The van der Waals surface area contributed by atoms with Crippen LogP contribution in [0.25, 0.3) is 5.70 Å². The zero-order valence-electron chi connectivity index (χ0n) is 10.6. The van der Waals surface area contributed by atoms with Crippen LogP contribution in [-0.2, 0) is 9.63 Å². The summed E-state index contributed by atoms with van der Waals surface area (Å²) < 4.78 is 27.9. The first kappa shape index (κ1) is 14.1. The third kappa shape index (κ3) is 2.42. The van der Waals surface area contributed by atoms with Crippen molar-refractivity contribution in [2.45, 2.75) is 18.5 Å². The van der Waals surface area contributed by atoms with Crippen LogP contribution in [0.5, 0.6) is 0 Å². The number of carboxylic acids is 1. The SMILES string of the molecule is O=C(O)C(F)(F)ON1C2C=C(n3cccn3)CN(C2)C1O. The molecule has 0 amide bonds. The van der Waals surface area contributed by atoms with Crippen LogP contribution in [0.1, 0.15) is 0 Å². The van der Waals surface area contributed by atoms with Crippen LogP contribution in [0.15, 0.2) is 24.5 Å². The first-order valence-electron chi connectivity index (χ1n) is 6.10. The largest absolute Gasteiger partial charge is 0.475 e. The lowest BCUT2D eigenvalue weighted by atomic mass is 10.2. The molecule has 2 bridgehead atoms. The topological polar surface area (TPSA) is 91.1 Å². The predicted octanol–water partition coefficient (Wildman–Crippen LogP) is -0.391. The number of fused-ring (bicyclic) bond motifs is 2. The molecule has 1 saturated heterocycles. The van der Waals surface area contributed by atoms with Gasteiger partial charge in [0.2, 0.25) is 0 Å². The monoisotopic (exact) mass is 302 g/mol. The summed E-state index contributed by atoms with van der Waals surface area (Å²) in [5, 5.41) is 23.0. The Labute approximate surface area is 117 Å². The van der Waals surface area contributed by atoms with E-state index in [1.165, 1.54) is 4.90 Å². The molecular formula is C11H12F2N4O4. The Bertz CT molecular complexity index is 577. The molecule has 1 aromatic heterocycles. The number of aromatic nitrogens is 2. The van der Waals surface area contributed by atoms with E-state index in [-0.39, 0.29) is 13.1 Å². The van der Waals surface area contributed by atoms with Crippen molar-refractivity contribution in [2.24, 2.45) is 0 Å². The Morgan fingerprint density at radius 3 is 2.90 bits per heavy atom. The van der Waals surface area contributed by atoms with E-state index in [0.717, 1.165) is 0 Å². The van der Waals surface area contributed by atoms with Crippen molar-refractivity contribution in [3.8, 4) is 0 Å². The van der Waals surface area contributed by atoms with Crippen LogP contribution in [-0.4, -0.2) is 67.5 Å². The second-order valence-electron chi connectivity index (χ2n) is 4.72. The maximum absolute atomic E-state index is 13.2. The van der Waals surface area contributed by atoms with Gasteiger partial charge in [0.1, 0.15) is 0 Å². The molecule has 3 unspecified atom stereocenters. The van der Waals surface area contributed by atoms with Crippen molar-refractivity contribution in [1.29, 1.82) is 0 Å². The fraction of sp³-hybridized carbons (Fsp3) is 0.455. The highest BCUT2D eigenvalue weighted by Crippen LogP contribution is 2.31. The molecule has 1 aromatic rings. The number of hydrogen-bond donors (Lipinski definition) is 2. The van der Waals surface area contributed by atoms with Crippen LogP contribution in [0, 0.1) is 0 Å². The van der Waals surface area contributed by atoms with Gasteiger partial charge in [-0.25, -0.2) is 14.3 Å². The molecule has 10 heteroatoms. The highest BCUT2D eigenvalue weighted by atomic mass is 19.3. The third-order valence-corrected chi connectivity index (χ3v) is 3.32. The Balaban J connectivity index is 1.83. The van der Waals surface area contributed by atoms with Crippen molar-refractivity contribution < 1.29 is 28.6 Å².